The number of aromatic hydroxyl groups is 1. The highest BCUT2D eigenvalue weighted by atomic mass is 16.3. The summed E-state index contributed by atoms with van der Waals surface area (Å²) in [5, 5.41) is 12.7. The number of benzene rings is 1. The lowest BCUT2D eigenvalue weighted by Gasteiger charge is -2.10. The molecule has 1 aromatic rings. The molecule has 0 aliphatic rings. The Labute approximate surface area is 79.6 Å². The molecular formula is C11H17NO. The molecule has 0 aromatic heterocycles. The van der Waals surface area contributed by atoms with E-state index < -0.39 is 0 Å². The van der Waals surface area contributed by atoms with Crippen LogP contribution in [0.25, 0.3) is 0 Å². The minimum Gasteiger partial charge on any atom is -0.508 e. The van der Waals surface area contributed by atoms with Gasteiger partial charge in [-0.1, -0.05) is 6.07 Å². The normalized spacial score (nSPS) is 10.4. The van der Waals surface area contributed by atoms with Crippen molar-refractivity contribution in [3.8, 4) is 5.75 Å². The maximum Gasteiger partial charge on any atom is 0.119 e. The van der Waals surface area contributed by atoms with Crippen molar-refractivity contribution in [3.63, 3.8) is 0 Å². The Morgan fingerprint density at radius 1 is 1.31 bits per heavy atom. The van der Waals surface area contributed by atoms with E-state index in [-0.39, 0.29) is 0 Å². The average molecular weight is 179 g/mol. The second-order valence-corrected chi connectivity index (χ2v) is 3.36. The third-order valence-corrected chi connectivity index (χ3v) is 2.47. The minimum atomic E-state index is 0.415. The van der Waals surface area contributed by atoms with Crippen molar-refractivity contribution < 1.29 is 5.11 Å². The van der Waals surface area contributed by atoms with Crippen molar-refractivity contribution in [2.45, 2.75) is 20.3 Å². The number of rotatable bonds is 3. The van der Waals surface area contributed by atoms with E-state index in [0.29, 0.717) is 5.75 Å². The minimum absolute atomic E-state index is 0.415. The second-order valence-electron chi connectivity index (χ2n) is 3.36. The van der Waals surface area contributed by atoms with Crippen LogP contribution in [0.3, 0.4) is 0 Å². The summed E-state index contributed by atoms with van der Waals surface area (Å²) < 4.78 is 0. The van der Waals surface area contributed by atoms with E-state index in [1.807, 2.05) is 13.1 Å². The van der Waals surface area contributed by atoms with Crippen LogP contribution < -0.4 is 5.32 Å². The first-order chi connectivity index (χ1) is 6.16. The van der Waals surface area contributed by atoms with E-state index in [4.69, 9.17) is 0 Å². The number of likely N-dealkylation sites (N-methyl/N-ethyl adjacent to an activating group) is 1. The highest BCUT2D eigenvalue weighted by Gasteiger charge is 2.05. The summed E-state index contributed by atoms with van der Waals surface area (Å²) in [5.41, 5.74) is 3.51. The van der Waals surface area contributed by atoms with Crippen LogP contribution >= 0.6 is 0 Å². The Balaban J connectivity index is 2.96. The van der Waals surface area contributed by atoms with Gasteiger partial charge in [0.2, 0.25) is 0 Å². The van der Waals surface area contributed by atoms with Crippen molar-refractivity contribution >= 4 is 0 Å². The van der Waals surface area contributed by atoms with Crippen LogP contribution in [0.1, 0.15) is 16.7 Å². The maximum absolute atomic E-state index is 9.61. The first kappa shape index (κ1) is 10.1. The monoisotopic (exact) mass is 179 g/mol. The molecule has 2 nitrogen and oxygen atoms in total. The van der Waals surface area contributed by atoms with Gasteiger partial charge in [-0.15, -0.1) is 0 Å². The molecule has 0 bridgehead atoms. The second kappa shape index (κ2) is 4.28. The van der Waals surface area contributed by atoms with Gasteiger partial charge in [-0.2, -0.15) is 0 Å². The zero-order valence-electron chi connectivity index (χ0n) is 8.52. The van der Waals surface area contributed by atoms with Crippen molar-refractivity contribution in [3.05, 3.63) is 28.8 Å². The van der Waals surface area contributed by atoms with Gasteiger partial charge in [0.25, 0.3) is 0 Å². The van der Waals surface area contributed by atoms with Crippen molar-refractivity contribution in [2.75, 3.05) is 13.6 Å². The molecule has 13 heavy (non-hydrogen) atoms. The Bertz CT molecular complexity index is 294. The van der Waals surface area contributed by atoms with E-state index in [0.717, 1.165) is 18.5 Å². The van der Waals surface area contributed by atoms with Gasteiger partial charge in [-0.25, -0.2) is 0 Å². The molecule has 0 heterocycles. The SMILES string of the molecule is CNCCc1c(O)ccc(C)c1C. The summed E-state index contributed by atoms with van der Waals surface area (Å²) in [6, 6.07) is 3.72. The van der Waals surface area contributed by atoms with Gasteiger partial charge in [-0.05, 0) is 56.6 Å². The molecule has 0 atom stereocenters. The van der Waals surface area contributed by atoms with E-state index in [2.05, 4.69) is 19.2 Å². The number of hydrogen-bond donors (Lipinski definition) is 2. The lowest BCUT2D eigenvalue weighted by atomic mass is 10.00. The summed E-state index contributed by atoms with van der Waals surface area (Å²) in [7, 11) is 1.92. The molecule has 0 spiro atoms. The molecule has 0 aliphatic heterocycles. The number of phenolic OH excluding ortho intramolecular Hbond substituents is 1. The Kier molecular flexibility index (Phi) is 3.32. The number of aryl methyl sites for hydroxylation is 1. The van der Waals surface area contributed by atoms with Crippen LogP contribution in [0.15, 0.2) is 12.1 Å². The molecule has 2 N–H and O–H groups in total. The standard InChI is InChI=1S/C11H17NO/c1-8-4-5-11(13)10(9(8)2)6-7-12-3/h4-5,12-13H,6-7H2,1-3H3. The van der Waals surface area contributed by atoms with Gasteiger partial charge in [-0.3, -0.25) is 0 Å². The van der Waals surface area contributed by atoms with Crippen LogP contribution in [-0.4, -0.2) is 18.7 Å². The topological polar surface area (TPSA) is 32.3 Å². The molecule has 0 saturated carbocycles. The van der Waals surface area contributed by atoms with Gasteiger partial charge >= 0.3 is 0 Å². The Morgan fingerprint density at radius 2 is 2.00 bits per heavy atom. The first-order valence-electron chi connectivity index (χ1n) is 4.59. The fourth-order valence-corrected chi connectivity index (χ4v) is 1.43. The van der Waals surface area contributed by atoms with Gasteiger partial charge in [0.15, 0.2) is 0 Å². The summed E-state index contributed by atoms with van der Waals surface area (Å²) >= 11 is 0. The largest absolute Gasteiger partial charge is 0.508 e. The lowest BCUT2D eigenvalue weighted by molar-refractivity contribution is 0.466. The Morgan fingerprint density at radius 3 is 2.62 bits per heavy atom. The van der Waals surface area contributed by atoms with Crippen LogP contribution in [0, 0.1) is 13.8 Å². The molecule has 2 heteroatoms. The Hall–Kier alpha value is -1.02. The quantitative estimate of drug-likeness (QED) is 0.741. The van der Waals surface area contributed by atoms with E-state index in [9.17, 15) is 5.11 Å². The molecule has 1 aromatic carbocycles. The van der Waals surface area contributed by atoms with Crippen molar-refractivity contribution in [2.24, 2.45) is 0 Å². The smallest absolute Gasteiger partial charge is 0.119 e. The van der Waals surface area contributed by atoms with Gasteiger partial charge in [0.1, 0.15) is 5.75 Å². The van der Waals surface area contributed by atoms with Crippen molar-refractivity contribution in [1.82, 2.24) is 5.32 Å². The fraction of sp³-hybridized carbons (Fsp3) is 0.455. The molecule has 0 radical (unpaired) electrons. The summed E-state index contributed by atoms with van der Waals surface area (Å²) in [5.74, 6) is 0.415. The van der Waals surface area contributed by atoms with Crippen LogP contribution in [-0.2, 0) is 6.42 Å². The average Bonchev–Trinajstić information content (AvgIpc) is 2.12. The van der Waals surface area contributed by atoms with Gasteiger partial charge in [0.05, 0.1) is 0 Å². The molecule has 72 valence electrons. The summed E-state index contributed by atoms with van der Waals surface area (Å²) in [6.45, 7) is 5.02. The lowest BCUT2D eigenvalue weighted by Crippen LogP contribution is -2.11. The van der Waals surface area contributed by atoms with E-state index >= 15 is 0 Å². The zero-order valence-corrected chi connectivity index (χ0v) is 8.52. The van der Waals surface area contributed by atoms with E-state index in [1.165, 1.54) is 11.1 Å². The molecule has 0 unspecified atom stereocenters. The van der Waals surface area contributed by atoms with Gasteiger partial charge in [0, 0.05) is 0 Å². The molecule has 1 rings (SSSR count). The van der Waals surface area contributed by atoms with Crippen molar-refractivity contribution in [1.29, 1.82) is 0 Å². The van der Waals surface area contributed by atoms with Crippen LogP contribution in [0.4, 0.5) is 0 Å². The predicted octanol–water partition coefficient (Wildman–Crippen LogP) is 1.77. The molecule has 0 saturated heterocycles. The van der Waals surface area contributed by atoms with Crippen LogP contribution in [0.5, 0.6) is 5.75 Å². The van der Waals surface area contributed by atoms with Crippen LogP contribution in [0.2, 0.25) is 0 Å². The molecule has 0 aliphatic carbocycles. The molecule has 0 fully saturated rings. The third kappa shape index (κ3) is 2.22. The fourth-order valence-electron chi connectivity index (χ4n) is 1.43. The van der Waals surface area contributed by atoms with Gasteiger partial charge < -0.3 is 10.4 Å². The molecular weight excluding hydrogens is 162 g/mol. The number of hydrogen-bond acceptors (Lipinski definition) is 2. The first-order valence-corrected chi connectivity index (χ1v) is 4.59. The van der Waals surface area contributed by atoms with E-state index in [1.54, 1.807) is 6.07 Å². The number of phenols is 1. The third-order valence-electron chi connectivity index (χ3n) is 2.47. The predicted molar refractivity (Wildman–Crippen MR) is 55.2 cm³/mol. The number of nitrogens with one attached hydrogen (secondary N) is 1. The molecule has 0 amide bonds. The highest BCUT2D eigenvalue weighted by molar-refractivity contribution is 5.43. The summed E-state index contributed by atoms with van der Waals surface area (Å²) in [4.78, 5) is 0. The zero-order chi connectivity index (χ0) is 9.84. The highest BCUT2D eigenvalue weighted by Crippen LogP contribution is 2.23. The summed E-state index contributed by atoms with van der Waals surface area (Å²) in [6.07, 6.45) is 0.885. The maximum atomic E-state index is 9.61.